The van der Waals surface area contributed by atoms with Crippen LogP contribution in [-0.4, -0.2) is 6.29 Å². The van der Waals surface area contributed by atoms with E-state index in [9.17, 15) is 13.6 Å². The van der Waals surface area contributed by atoms with Gasteiger partial charge < -0.3 is 0 Å². The van der Waals surface area contributed by atoms with Crippen LogP contribution in [0.1, 0.15) is 22.3 Å². The molecule has 0 heterocycles. The lowest BCUT2D eigenvalue weighted by Gasteiger charge is -2.03. The summed E-state index contributed by atoms with van der Waals surface area (Å²) in [4.78, 5) is 10.3. The van der Waals surface area contributed by atoms with E-state index < -0.39 is 6.43 Å². The van der Waals surface area contributed by atoms with Crippen LogP contribution in [0.2, 0.25) is 0 Å². The van der Waals surface area contributed by atoms with Crippen molar-refractivity contribution in [2.45, 2.75) is 6.43 Å². The standard InChI is InChI=1S/C8H5BrF2O/c9-7-5(4-12)2-1-3-6(7)8(10)11/h1-4,8H. The lowest BCUT2D eigenvalue weighted by molar-refractivity contribution is 0.112. The Bertz CT molecular complexity index is 299. The minimum Gasteiger partial charge on any atom is -0.298 e. The van der Waals surface area contributed by atoms with Crippen molar-refractivity contribution < 1.29 is 13.6 Å². The van der Waals surface area contributed by atoms with E-state index >= 15 is 0 Å². The van der Waals surface area contributed by atoms with Crippen molar-refractivity contribution in [3.8, 4) is 0 Å². The number of aldehydes is 1. The fourth-order valence-corrected chi connectivity index (χ4v) is 1.36. The summed E-state index contributed by atoms with van der Waals surface area (Å²) in [6.45, 7) is 0. The number of hydrogen-bond acceptors (Lipinski definition) is 1. The van der Waals surface area contributed by atoms with Gasteiger partial charge in [0.1, 0.15) is 0 Å². The van der Waals surface area contributed by atoms with Gasteiger partial charge in [-0.15, -0.1) is 0 Å². The molecule has 0 radical (unpaired) electrons. The number of alkyl halides is 2. The Morgan fingerprint density at radius 1 is 1.42 bits per heavy atom. The predicted octanol–water partition coefficient (Wildman–Crippen LogP) is 3.20. The SMILES string of the molecule is O=Cc1cccc(C(F)F)c1Br. The van der Waals surface area contributed by atoms with Gasteiger partial charge in [0.05, 0.1) is 0 Å². The summed E-state index contributed by atoms with van der Waals surface area (Å²) < 4.78 is 24.6. The number of halogens is 3. The first-order chi connectivity index (χ1) is 5.66. The molecule has 0 fully saturated rings. The Labute approximate surface area is 76.5 Å². The zero-order valence-corrected chi connectivity index (χ0v) is 7.51. The van der Waals surface area contributed by atoms with Crippen molar-refractivity contribution in [3.05, 3.63) is 33.8 Å². The van der Waals surface area contributed by atoms with Gasteiger partial charge in [-0.1, -0.05) is 18.2 Å². The molecule has 1 aromatic rings. The molecule has 1 nitrogen and oxygen atoms in total. The normalized spacial score (nSPS) is 10.3. The smallest absolute Gasteiger partial charge is 0.264 e. The summed E-state index contributed by atoms with van der Waals surface area (Å²) >= 11 is 2.93. The Morgan fingerprint density at radius 2 is 2.08 bits per heavy atom. The second kappa shape index (κ2) is 3.76. The summed E-state index contributed by atoms with van der Waals surface area (Å²) in [6.07, 6.45) is -2.02. The number of hydrogen-bond donors (Lipinski definition) is 0. The highest BCUT2D eigenvalue weighted by Crippen LogP contribution is 2.28. The molecule has 0 atom stereocenters. The molecular weight excluding hydrogens is 230 g/mol. The maximum Gasteiger partial charge on any atom is 0.264 e. The topological polar surface area (TPSA) is 17.1 Å². The average Bonchev–Trinajstić information content (AvgIpc) is 2.04. The lowest BCUT2D eigenvalue weighted by Crippen LogP contribution is -1.90. The molecule has 0 aromatic heterocycles. The largest absolute Gasteiger partial charge is 0.298 e. The quantitative estimate of drug-likeness (QED) is 0.719. The van der Waals surface area contributed by atoms with Crippen LogP contribution in [0.3, 0.4) is 0 Å². The van der Waals surface area contributed by atoms with Gasteiger partial charge in [0.2, 0.25) is 0 Å². The molecule has 0 bridgehead atoms. The van der Waals surface area contributed by atoms with Gasteiger partial charge in [-0.25, -0.2) is 8.78 Å². The third-order valence-electron chi connectivity index (χ3n) is 1.42. The van der Waals surface area contributed by atoms with Crippen LogP contribution < -0.4 is 0 Å². The molecule has 1 rings (SSSR count). The summed E-state index contributed by atoms with van der Waals surface area (Å²) in [5.41, 5.74) is 0.0902. The van der Waals surface area contributed by atoms with E-state index in [1.165, 1.54) is 18.2 Å². The number of carbonyl (C=O) groups excluding carboxylic acids is 1. The summed E-state index contributed by atoms with van der Waals surface area (Å²) in [6, 6.07) is 4.18. The van der Waals surface area contributed by atoms with Crippen molar-refractivity contribution in [1.82, 2.24) is 0 Å². The molecular formula is C8H5BrF2O. The van der Waals surface area contributed by atoms with Crippen molar-refractivity contribution >= 4 is 22.2 Å². The van der Waals surface area contributed by atoms with E-state index in [-0.39, 0.29) is 15.6 Å². The summed E-state index contributed by atoms with van der Waals surface area (Å²) in [5, 5.41) is 0. The molecule has 0 amide bonds. The first-order valence-electron chi connectivity index (χ1n) is 3.18. The minimum absolute atomic E-state index is 0.153. The summed E-state index contributed by atoms with van der Waals surface area (Å²) in [7, 11) is 0. The van der Waals surface area contributed by atoms with Gasteiger partial charge in [0.25, 0.3) is 6.43 Å². The monoisotopic (exact) mass is 234 g/mol. The minimum atomic E-state index is -2.56. The highest BCUT2D eigenvalue weighted by Gasteiger charge is 2.12. The summed E-state index contributed by atoms with van der Waals surface area (Å²) in [5.74, 6) is 0. The molecule has 0 aliphatic carbocycles. The number of rotatable bonds is 2. The van der Waals surface area contributed by atoms with Crippen LogP contribution in [0.5, 0.6) is 0 Å². The van der Waals surface area contributed by atoms with Gasteiger partial charge in [0.15, 0.2) is 6.29 Å². The zero-order chi connectivity index (χ0) is 9.14. The predicted molar refractivity (Wildman–Crippen MR) is 44.5 cm³/mol. The molecule has 0 aliphatic heterocycles. The molecule has 64 valence electrons. The Kier molecular flexibility index (Phi) is 2.92. The van der Waals surface area contributed by atoms with Gasteiger partial charge in [0, 0.05) is 15.6 Å². The second-order valence-corrected chi connectivity index (χ2v) is 2.96. The fraction of sp³-hybridized carbons (Fsp3) is 0.125. The van der Waals surface area contributed by atoms with Crippen molar-refractivity contribution in [2.75, 3.05) is 0 Å². The molecule has 0 spiro atoms. The van der Waals surface area contributed by atoms with Crippen molar-refractivity contribution in [2.24, 2.45) is 0 Å². The highest BCUT2D eigenvalue weighted by molar-refractivity contribution is 9.10. The molecule has 0 unspecified atom stereocenters. The van der Waals surface area contributed by atoms with E-state index in [0.717, 1.165) is 0 Å². The van der Waals surface area contributed by atoms with Crippen LogP contribution in [0.25, 0.3) is 0 Å². The molecule has 12 heavy (non-hydrogen) atoms. The Hall–Kier alpha value is -0.770. The number of benzene rings is 1. The Morgan fingerprint density at radius 3 is 2.58 bits per heavy atom. The fourth-order valence-electron chi connectivity index (χ4n) is 0.828. The van der Waals surface area contributed by atoms with E-state index in [1.807, 2.05) is 0 Å². The van der Waals surface area contributed by atoms with Crippen LogP contribution in [0.4, 0.5) is 8.78 Å². The van der Waals surface area contributed by atoms with E-state index in [0.29, 0.717) is 6.29 Å². The molecule has 4 heteroatoms. The van der Waals surface area contributed by atoms with Crippen LogP contribution in [-0.2, 0) is 0 Å². The van der Waals surface area contributed by atoms with Crippen molar-refractivity contribution in [3.63, 3.8) is 0 Å². The van der Waals surface area contributed by atoms with Gasteiger partial charge in [-0.2, -0.15) is 0 Å². The van der Waals surface area contributed by atoms with Crippen LogP contribution >= 0.6 is 15.9 Å². The molecule has 1 aromatic carbocycles. The molecule has 0 saturated heterocycles. The third kappa shape index (κ3) is 1.69. The third-order valence-corrected chi connectivity index (χ3v) is 2.34. The van der Waals surface area contributed by atoms with E-state index in [2.05, 4.69) is 15.9 Å². The molecule has 0 aliphatic rings. The van der Waals surface area contributed by atoms with Crippen LogP contribution in [0.15, 0.2) is 22.7 Å². The first-order valence-corrected chi connectivity index (χ1v) is 3.98. The number of carbonyl (C=O) groups is 1. The zero-order valence-electron chi connectivity index (χ0n) is 5.93. The van der Waals surface area contributed by atoms with E-state index in [1.54, 1.807) is 0 Å². The Balaban J connectivity index is 3.22. The highest BCUT2D eigenvalue weighted by atomic mass is 79.9. The van der Waals surface area contributed by atoms with Crippen molar-refractivity contribution in [1.29, 1.82) is 0 Å². The van der Waals surface area contributed by atoms with Gasteiger partial charge in [-0.05, 0) is 15.9 Å². The maximum atomic E-state index is 12.2. The van der Waals surface area contributed by atoms with Crippen LogP contribution in [0, 0.1) is 0 Å². The lowest BCUT2D eigenvalue weighted by atomic mass is 10.1. The van der Waals surface area contributed by atoms with Gasteiger partial charge in [-0.3, -0.25) is 4.79 Å². The molecule has 0 saturated carbocycles. The van der Waals surface area contributed by atoms with Gasteiger partial charge >= 0.3 is 0 Å². The average molecular weight is 235 g/mol. The maximum absolute atomic E-state index is 12.2. The molecule has 0 N–H and O–H groups in total. The first kappa shape index (κ1) is 9.32. The second-order valence-electron chi connectivity index (χ2n) is 2.17. The van der Waals surface area contributed by atoms with E-state index in [4.69, 9.17) is 0 Å².